The molecule has 0 bridgehead atoms. The number of carbonyl (C=O) groups is 3. The van der Waals surface area contributed by atoms with E-state index in [-0.39, 0.29) is 37.5 Å². The van der Waals surface area contributed by atoms with Crippen molar-refractivity contribution in [2.75, 3.05) is 13.2 Å². The number of allylic oxidation sites excluding steroid dienone is 18. The normalized spacial score (nSPS) is 13.0. The number of rotatable bonds is 46. The number of hydrogen-bond donors (Lipinski definition) is 0. The van der Waals surface area contributed by atoms with Crippen LogP contribution < -0.4 is 0 Å². The van der Waals surface area contributed by atoms with Gasteiger partial charge in [-0.05, 0) is 103 Å². The first-order valence-electron chi connectivity index (χ1n) is 26.4. The molecule has 0 unspecified atom stereocenters. The molecule has 0 heterocycles. The van der Waals surface area contributed by atoms with Gasteiger partial charge in [0.2, 0.25) is 0 Å². The molecule has 0 aliphatic carbocycles. The van der Waals surface area contributed by atoms with Crippen molar-refractivity contribution in [3.05, 3.63) is 109 Å². The summed E-state index contributed by atoms with van der Waals surface area (Å²) in [6.07, 6.45) is 70.8. The number of unbranched alkanes of at least 4 members (excludes halogenated alkanes) is 17. The fourth-order valence-electron chi connectivity index (χ4n) is 6.81. The summed E-state index contributed by atoms with van der Waals surface area (Å²) in [5, 5.41) is 0. The van der Waals surface area contributed by atoms with Crippen molar-refractivity contribution in [1.29, 1.82) is 0 Å². The molecule has 1 atom stereocenters. The van der Waals surface area contributed by atoms with Gasteiger partial charge in [0.1, 0.15) is 13.2 Å². The molecule has 0 aliphatic heterocycles. The highest BCUT2D eigenvalue weighted by Gasteiger charge is 2.19. The van der Waals surface area contributed by atoms with Crippen molar-refractivity contribution in [1.82, 2.24) is 0 Å². The first-order valence-corrected chi connectivity index (χ1v) is 26.4. The van der Waals surface area contributed by atoms with Gasteiger partial charge in [-0.1, -0.05) is 214 Å². The Bertz CT molecular complexity index is 1360. The summed E-state index contributed by atoms with van der Waals surface area (Å²) in [6.45, 7) is 6.40. The quantitative estimate of drug-likeness (QED) is 0.0262. The van der Waals surface area contributed by atoms with Crippen molar-refractivity contribution < 1.29 is 28.6 Å². The summed E-state index contributed by atoms with van der Waals surface area (Å²) in [7, 11) is 0. The standard InChI is InChI=1S/C59H96O6/c1-4-7-10-13-16-19-22-24-26-28-29-31-32-34-37-40-43-46-49-52-58(61)64-55-56(54-63-57(60)51-48-45-42-39-36-21-18-15-12-9-6-3)65-59(62)53-50-47-44-41-38-35-33-30-27-25-23-20-17-14-11-8-5-2/h7,10,16-17,19-20,24-27,29,31,33-35,37,41,44,56H,4-6,8-9,11-15,18,21-23,28,30,32,36,38-40,42-43,45-55H2,1-3H3/b10-7-,19-16-,20-17-,26-24-,27-25-,31-29-,35-33-,37-34-,44-41-/t56-/m0/s1. The van der Waals surface area contributed by atoms with Gasteiger partial charge >= 0.3 is 17.9 Å². The predicted molar refractivity (Wildman–Crippen MR) is 279 cm³/mol. The Morgan fingerprint density at radius 1 is 0.323 bits per heavy atom. The van der Waals surface area contributed by atoms with Gasteiger partial charge in [-0.15, -0.1) is 0 Å². The van der Waals surface area contributed by atoms with Crippen molar-refractivity contribution in [3.8, 4) is 0 Å². The largest absolute Gasteiger partial charge is 0.462 e. The van der Waals surface area contributed by atoms with E-state index < -0.39 is 6.10 Å². The summed E-state index contributed by atoms with van der Waals surface area (Å²) in [5.41, 5.74) is 0. The van der Waals surface area contributed by atoms with Gasteiger partial charge in [0.25, 0.3) is 0 Å². The third-order valence-corrected chi connectivity index (χ3v) is 10.8. The lowest BCUT2D eigenvalue weighted by Gasteiger charge is -2.18. The third kappa shape index (κ3) is 50.9. The van der Waals surface area contributed by atoms with Crippen LogP contribution in [0, 0.1) is 0 Å². The zero-order chi connectivity index (χ0) is 47.2. The van der Waals surface area contributed by atoms with Gasteiger partial charge in [0.15, 0.2) is 6.10 Å². The first-order chi connectivity index (χ1) is 32.0. The van der Waals surface area contributed by atoms with Gasteiger partial charge in [0, 0.05) is 19.3 Å². The molecule has 0 rings (SSSR count). The summed E-state index contributed by atoms with van der Waals surface area (Å²) in [4.78, 5) is 38.0. The van der Waals surface area contributed by atoms with Crippen LogP contribution in [-0.4, -0.2) is 37.2 Å². The topological polar surface area (TPSA) is 78.9 Å². The lowest BCUT2D eigenvalue weighted by atomic mass is 10.1. The Labute approximate surface area is 400 Å². The average Bonchev–Trinajstić information content (AvgIpc) is 3.30. The smallest absolute Gasteiger partial charge is 0.306 e. The van der Waals surface area contributed by atoms with E-state index in [0.29, 0.717) is 19.3 Å². The van der Waals surface area contributed by atoms with Gasteiger partial charge in [-0.2, -0.15) is 0 Å². The maximum Gasteiger partial charge on any atom is 0.306 e. The number of hydrogen-bond acceptors (Lipinski definition) is 6. The molecule has 0 spiro atoms. The molecule has 0 fully saturated rings. The second-order valence-corrected chi connectivity index (χ2v) is 17.1. The van der Waals surface area contributed by atoms with Crippen LogP contribution in [0.3, 0.4) is 0 Å². The van der Waals surface area contributed by atoms with E-state index in [0.717, 1.165) is 103 Å². The van der Waals surface area contributed by atoms with Gasteiger partial charge in [-0.3, -0.25) is 14.4 Å². The van der Waals surface area contributed by atoms with Crippen LogP contribution in [0.2, 0.25) is 0 Å². The van der Waals surface area contributed by atoms with Crippen LogP contribution in [0.4, 0.5) is 0 Å². The fraction of sp³-hybridized carbons (Fsp3) is 0.644. The molecule has 368 valence electrons. The van der Waals surface area contributed by atoms with E-state index in [4.69, 9.17) is 14.2 Å². The van der Waals surface area contributed by atoms with Crippen LogP contribution in [-0.2, 0) is 28.6 Å². The van der Waals surface area contributed by atoms with E-state index in [1.165, 1.54) is 77.0 Å². The summed E-state index contributed by atoms with van der Waals surface area (Å²) in [6, 6.07) is 0. The van der Waals surface area contributed by atoms with Crippen molar-refractivity contribution in [2.24, 2.45) is 0 Å². The average molecular weight is 901 g/mol. The first kappa shape index (κ1) is 61.1. The maximum atomic E-state index is 12.8. The second-order valence-electron chi connectivity index (χ2n) is 17.1. The Morgan fingerprint density at radius 2 is 0.615 bits per heavy atom. The summed E-state index contributed by atoms with van der Waals surface area (Å²) >= 11 is 0. The number of ether oxygens (including phenoxy) is 3. The number of esters is 3. The van der Waals surface area contributed by atoms with E-state index in [2.05, 4.69) is 130 Å². The van der Waals surface area contributed by atoms with Gasteiger partial charge in [-0.25, -0.2) is 0 Å². The summed E-state index contributed by atoms with van der Waals surface area (Å²) < 4.78 is 16.7. The molecule has 6 nitrogen and oxygen atoms in total. The van der Waals surface area contributed by atoms with E-state index in [9.17, 15) is 14.4 Å². The zero-order valence-electron chi connectivity index (χ0n) is 42.0. The Balaban J connectivity index is 4.53. The maximum absolute atomic E-state index is 12.8. The zero-order valence-corrected chi connectivity index (χ0v) is 42.0. The molecule has 0 aromatic carbocycles. The molecule has 0 saturated heterocycles. The van der Waals surface area contributed by atoms with Crippen LogP contribution in [0.15, 0.2) is 109 Å². The van der Waals surface area contributed by atoms with Crippen LogP contribution in [0.5, 0.6) is 0 Å². The monoisotopic (exact) mass is 901 g/mol. The lowest BCUT2D eigenvalue weighted by molar-refractivity contribution is -0.167. The Morgan fingerprint density at radius 3 is 1.02 bits per heavy atom. The molecule has 0 N–H and O–H groups in total. The minimum absolute atomic E-state index is 0.111. The second kappa shape index (κ2) is 52.7. The molecular weight excluding hydrogens is 805 g/mol. The Kier molecular flexibility index (Phi) is 49.5. The molecule has 0 radical (unpaired) electrons. The van der Waals surface area contributed by atoms with Crippen LogP contribution in [0.1, 0.15) is 226 Å². The van der Waals surface area contributed by atoms with Crippen molar-refractivity contribution in [3.63, 3.8) is 0 Å². The molecular formula is C59H96O6. The third-order valence-electron chi connectivity index (χ3n) is 10.8. The molecule has 0 aromatic rings. The molecule has 0 amide bonds. The Hall–Kier alpha value is -3.93. The minimum Gasteiger partial charge on any atom is -0.462 e. The molecule has 6 heteroatoms. The fourth-order valence-corrected chi connectivity index (χ4v) is 6.81. The lowest BCUT2D eigenvalue weighted by Crippen LogP contribution is -2.30. The highest BCUT2D eigenvalue weighted by Crippen LogP contribution is 2.13. The van der Waals surface area contributed by atoms with Gasteiger partial charge < -0.3 is 14.2 Å². The highest BCUT2D eigenvalue weighted by molar-refractivity contribution is 5.71. The van der Waals surface area contributed by atoms with E-state index in [1.54, 1.807) is 0 Å². The van der Waals surface area contributed by atoms with Crippen molar-refractivity contribution >= 4 is 17.9 Å². The van der Waals surface area contributed by atoms with Crippen LogP contribution in [0.25, 0.3) is 0 Å². The minimum atomic E-state index is -0.820. The van der Waals surface area contributed by atoms with Crippen molar-refractivity contribution in [2.45, 2.75) is 232 Å². The number of carbonyl (C=O) groups excluding carboxylic acids is 3. The SMILES string of the molecule is CC/C=C\C/C=C\C/C=C\C/C=C\C/C=C\CCCCCC(=O)OC[C@H](COC(=O)CCCCCCCCCCCCC)OC(=O)CCC/C=C\C/C=C\C/C=C\C/C=C\CCCCC. The van der Waals surface area contributed by atoms with E-state index in [1.807, 2.05) is 0 Å². The molecule has 0 aliphatic rings. The molecule has 0 saturated carbocycles. The highest BCUT2D eigenvalue weighted by atomic mass is 16.6. The van der Waals surface area contributed by atoms with Crippen LogP contribution >= 0.6 is 0 Å². The molecule has 0 aromatic heterocycles. The summed E-state index contributed by atoms with van der Waals surface area (Å²) in [5.74, 6) is -1.01. The van der Waals surface area contributed by atoms with Gasteiger partial charge in [0.05, 0.1) is 0 Å². The molecule has 65 heavy (non-hydrogen) atoms. The van der Waals surface area contributed by atoms with E-state index >= 15 is 0 Å². The predicted octanol–water partition coefficient (Wildman–Crippen LogP) is 17.5.